The fraction of sp³-hybridized carbons (Fsp3) is 0.650. The van der Waals surface area contributed by atoms with Gasteiger partial charge in [-0.1, -0.05) is 6.42 Å². The molecule has 138 valence electrons. The van der Waals surface area contributed by atoms with Gasteiger partial charge in [0.05, 0.1) is 27.8 Å². The molecule has 1 aromatic rings. The molecule has 2 aliphatic rings. The summed E-state index contributed by atoms with van der Waals surface area (Å²) in [6.07, 6.45) is 5.66. The molecule has 5 nitrogen and oxygen atoms in total. The molecule has 2 fully saturated rings. The Hall–Kier alpha value is -1.91. The zero-order valence-corrected chi connectivity index (χ0v) is 15.6. The van der Waals surface area contributed by atoms with E-state index in [1.54, 1.807) is 21.3 Å². The molecule has 1 N–H and O–H groups in total. The number of fused-ring (bicyclic) bond motifs is 2. The Morgan fingerprint density at radius 1 is 1.12 bits per heavy atom. The normalized spacial score (nSPS) is 25.5. The Bertz CT molecular complexity index is 605. The zero-order chi connectivity index (χ0) is 18.0. The topological polar surface area (TPSA) is 56.8 Å². The van der Waals surface area contributed by atoms with Crippen molar-refractivity contribution in [1.82, 2.24) is 5.32 Å². The number of hydrogen-bond donors (Lipinski definition) is 1. The van der Waals surface area contributed by atoms with E-state index >= 15 is 0 Å². The lowest BCUT2D eigenvalue weighted by Gasteiger charge is -2.28. The summed E-state index contributed by atoms with van der Waals surface area (Å²) >= 11 is 0. The van der Waals surface area contributed by atoms with Gasteiger partial charge in [0.1, 0.15) is 0 Å². The molecular formula is C20H29NO4. The number of nitrogens with one attached hydrogen (secondary N) is 1. The van der Waals surface area contributed by atoms with Crippen LogP contribution in [0, 0.1) is 17.8 Å². The lowest BCUT2D eigenvalue weighted by atomic mass is 9.84. The molecule has 2 saturated carbocycles. The fourth-order valence-corrected chi connectivity index (χ4v) is 4.74. The summed E-state index contributed by atoms with van der Waals surface area (Å²) in [5, 5.41) is 3.21. The Kier molecular flexibility index (Phi) is 5.40. The van der Waals surface area contributed by atoms with E-state index in [0.717, 1.165) is 17.4 Å². The average Bonchev–Trinajstić information content (AvgIpc) is 3.23. The van der Waals surface area contributed by atoms with E-state index in [-0.39, 0.29) is 11.9 Å². The molecular weight excluding hydrogens is 318 g/mol. The van der Waals surface area contributed by atoms with Gasteiger partial charge in [-0.15, -0.1) is 0 Å². The van der Waals surface area contributed by atoms with Crippen molar-refractivity contribution in [1.29, 1.82) is 0 Å². The summed E-state index contributed by atoms with van der Waals surface area (Å²) in [5.74, 6) is 4.08. The summed E-state index contributed by atoms with van der Waals surface area (Å²) in [4.78, 5) is 12.5. The summed E-state index contributed by atoms with van der Waals surface area (Å²) < 4.78 is 16.0. The molecule has 0 aliphatic heterocycles. The SMILES string of the molecule is COc1cc(CC(=O)N[C@@H](C)[C@@H]2C[C@@H]3CC[C@@H]2C3)cc(OC)c1OC. The minimum Gasteiger partial charge on any atom is -0.493 e. The summed E-state index contributed by atoms with van der Waals surface area (Å²) in [6.45, 7) is 2.15. The van der Waals surface area contributed by atoms with Crippen LogP contribution in [0.3, 0.4) is 0 Å². The first-order valence-electron chi connectivity index (χ1n) is 9.14. The van der Waals surface area contributed by atoms with Crippen molar-refractivity contribution >= 4 is 5.91 Å². The van der Waals surface area contributed by atoms with Crippen molar-refractivity contribution < 1.29 is 19.0 Å². The van der Waals surface area contributed by atoms with Gasteiger partial charge in [-0.25, -0.2) is 0 Å². The van der Waals surface area contributed by atoms with E-state index < -0.39 is 0 Å². The molecule has 3 rings (SSSR count). The first kappa shape index (κ1) is 17.9. The fourth-order valence-electron chi connectivity index (χ4n) is 4.74. The number of amides is 1. The highest BCUT2D eigenvalue weighted by Gasteiger charge is 2.42. The number of hydrogen-bond acceptors (Lipinski definition) is 4. The molecule has 1 amide bonds. The highest BCUT2D eigenvalue weighted by atomic mass is 16.5. The van der Waals surface area contributed by atoms with Crippen LogP contribution in [-0.2, 0) is 11.2 Å². The smallest absolute Gasteiger partial charge is 0.224 e. The Morgan fingerprint density at radius 3 is 2.28 bits per heavy atom. The standard InChI is InChI=1S/C20H29NO4/c1-12(16-8-13-5-6-15(16)7-13)21-19(22)11-14-9-17(23-2)20(25-4)18(10-14)24-3/h9-10,12-13,15-16H,5-8,11H2,1-4H3,(H,21,22)/t12-,13+,15+,16-/m0/s1. The number of benzene rings is 1. The van der Waals surface area contributed by atoms with Crippen molar-refractivity contribution in [3.63, 3.8) is 0 Å². The predicted molar refractivity (Wildman–Crippen MR) is 96.3 cm³/mol. The molecule has 1 aromatic carbocycles. The monoisotopic (exact) mass is 347 g/mol. The Labute approximate surface area is 150 Å². The van der Waals surface area contributed by atoms with Crippen molar-refractivity contribution in [2.24, 2.45) is 17.8 Å². The van der Waals surface area contributed by atoms with Crippen molar-refractivity contribution in [2.45, 2.75) is 45.1 Å². The third-order valence-electron chi connectivity index (χ3n) is 5.91. The van der Waals surface area contributed by atoms with Gasteiger partial charge in [0.2, 0.25) is 11.7 Å². The molecule has 2 bridgehead atoms. The van der Waals surface area contributed by atoms with Crippen molar-refractivity contribution in [2.75, 3.05) is 21.3 Å². The van der Waals surface area contributed by atoms with E-state index in [0.29, 0.717) is 29.6 Å². The van der Waals surface area contributed by atoms with E-state index in [1.165, 1.54) is 25.7 Å². The van der Waals surface area contributed by atoms with E-state index in [4.69, 9.17) is 14.2 Å². The lowest BCUT2D eigenvalue weighted by molar-refractivity contribution is -0.121. The lowest BCUT2D eigenvalue weighted by Crippen LogP contribution is -2.40. The maximum absolute atomic E-state index is 12.5. The summed E-state index contributed by atoms with van der Waals surface area (Å²) in [7, 11) is 4.74. The van der Waals surface area contributed by atoms with E-state index in [9.17, 15) is 4.79 Å². The van der Waals surface area contributed by atoms with Crippen LogP contribution in [0.25, 0.3) is 0 Å². The predicted octanol–water partition coefficient (Wildman–Crippen LogP) is 3.20. The number of rotatable bonds is 7. The minimum absolute atomic E-state index is 0.0459. The van der Waals surface area contributed by atoms with E-state index in [2.05, 4.69) is 12.2 Å². The van der Waals surface area contributed by atoms with Gasteiger partial charge in [0.25, 0.3) is 0 Å². The van der Waals surface area contributed by atoms with Crippen LogP contribution in [0.1, 0.15) is 38.2 Å². The molecule has 25 heavy (non-hydrogen) atoms. The average molecular weight is 347 g/mol. The summed E-state index contributed by atoms with van der Waals surface area (Å²) in [5.41, 5.74) is 0.854. The second kappa shape index (κ2) is 7.54. The molecule has 4 atom stereocenters. The van der Waals surface area contributed by atoms with Gasteiger partial charge in [-0.05, 0) is 61.6 Å². The second-order valence-corrected chi connectivity index (χ2v) is 7.41. The van der Waals surface area contributed by atoms with E-state index in [1.807, 2.05) is 12.1 Å². The van der Waals surface area contributed by atoms with Gasteiger partial charge in [-0.2, -0.15) is 0 Å². The van der Waals surface area contributed by atoms with Gasteiger partial charge in [0, 0.05) is 6.04 Å². The van der Waals surface area contributed by atoms with Crippen LogP contribution < -0.4 is 19.5 Å². The zero-order valence-electron chi connectivity index (χ0n) is 15.6. The highest BCUT2D eigenvalue weighted by molar-refractivity contribution is 5.79. The third-order valence-corrected chi connectivity index (χ3v) is 5.91. The number of carbonyl (C=O) groups excluding carboxylic acids is 1. The maximum atomic E-state index is 12.5. The van der Waals surface area contributed by atoms with Crippen LogP contribution in [-0.4, -0.2) is 33.3 Å². The molecule has 5 heteroatoms. The maximum Gasteiger partial charge on any atom is 0.224 e. The Morgan fingerprint density at radius 2 is 1.80 bits per heavy atom. The van der Waals surface area contributed by atoms with Gasteiger partial charge in [0.15, 0.2) is 11.5 Å². The molecule has 0 saturated heterocycles. The van der Waals surface area contributed by atoms with Crippen LogP contribution >= 0.6 is 0 Å². The third kappa shape index (κ3) is 3.70. The van der Waals surface area contributed by atoms with Gasteiger partial charge < -0.3 is 19.5 Å². The van der Waals surface area contributed by atoms with Crippen molar-refractivity contribution in [3.05, 3.63) is 17.7 Å². The van der Waals surface area contributed by atoms with Crippen LogP contribution in [0.15, 0.2) is 12.1 Å². The number of ether oxygens (including phenoxy) is 3. The van der Waals surface area contributed by atoms with Gasteiger partial charge in [-0.3, -0.25) is 4.79 Å². The van der Waals surface area contributed by atoms with Crippen LogP contribution in [0.5, 0.6) is 17.2 Å². The molecule has 0 unspecified atom stereocenters. The Balaban J connectivity index is 1.64. The molecule has 2 aliphatic carbocycles. The summed E-state index contributed by atoms with van der Waals surface area (Å²) in [6, 6.07) is 3.91. The van der Waals surface area contributed by atoms with Crippen LogP contribution in [0.2, 0.25) is 0 Å². The van der Waals surface area contributed by atoms with Crippen molar-refractivity contribution in [3.8, 4) is 17.2 Å². The largest absolute Gasteiger partial charge is 0.493 e. The molecule has 0 aromatic heterocycles. The van der Waals surface area contributed by atoms with Gasteiger partial charge >= 0.3 is 0 Å². The minimum atomic E-state index is 0.0459. The second-order valence-electron chi connectivity index (χ2n) is 7.41. The number of methoxy groups -OCH3 is 3. The number of carbonyl (C=O) groups is 1. The van der Waals surface area contributed by atoms with Crippen LogP contribution in [0.4, 0.5) is 0 Å². The molecule has 0 radical (unpaired) electrons. The first-order chi connectivity index (χ1) is 12.0. The molecule has 0 heterocycles. The molecule has 0 spiro atoms. The quantitative estimate of drug-likeness (QED) is 0.823. The highest BCUT2D eigenvalue weighted by Crippen LogP contribution is 2.49. The first-order valence-corrected chi connectivity index (χ1v) is 9.14.